The van der Waals surface area contributed by atoms with Crippen molar-refractivity contribution in [3.05, 3.63) is 30.1 Å². The highest BCUT2D eigenvalue weighted by molar-refractivity contribution is 6.99. The summed E-state index contributed by atoms with van der Waals surface area (Å²) in [6, 6.07) is 0. The molecule has 0 bridgehead atoms. The lowest BCUT2D eigenvalue weighted by Crippen LogP contribution is -2.25. The number of amides is 1. The number of aromatic amines is 1. The van der Waals surface area contributed by atoms with E-state index in [2.05, 4.69) is 24.0 Å². The van der Waals surface area contributed by atoms with Crippen LogP contribution in [0, 0.1) is 0 Å². The van der Waals surface area contributed by atoms with Crippen LogP contribution in [0.1, 0.15) is 16.2 Å². The zero-order valence-electron chi connectivity index (χ0n) is 7.80. The highest BCUT2D eigenvalue weighted by atomic mass is 32.1. The summed E-state index contributed by atoms with van der Waals surface area (Å²) in [5.41, 5.74) is 1.36. The van der Waals surface area contributed by atoms with Crippen molar-refractivity contribution in [1.29, 1.82) is 0 Å². The average Bonchev–Trinajstić information content (AvgIpc) is 2.90. The fourth-order valence-electron chi connectivity index (χ4n) is 1.09. The van der Waals surface area contributed by atoms with Crippen molar-refractivity contribution in [2.45, 2.75) is 6.42 Å². The number of nitrogens with one attached hydrogen (secondary N) is 2. The van der Waals surface area contributed by atoms with Crippen molar-refractivity contribution >= 4 is 17.6 Å². The number of rotatable bonds is 4. The number of hydrogen-bond acceptors (Lipinski definition) is 5. The first-order valence-corrected chi connectivity index (χ1v) is 5.12. The molecule has 0 spiro atoms. The highest BCUT2D eigenvalue weighted by Crippen LogP contribution is 1.95. The topological polar surface area (TPSA) is 83.6 Å². The Morgan fingerprint density at radius 3 is 3.13 bits per heavy atom. The maximum absolute atomic E-state index is 11.4. The predicted octanol–water partition coefficient (Wildman–Crippen LogP) is 0.234. The molecule has 2 rings (SSSR count). The number of carbonyl (C=O) groups excluding carboxylic acids is 1. The molecule has 0 unspecified atom stereocenters. The van der Waals surface area contributed by atoms with Gasteiger partial charge in [0.15, 0.2) is 5.69 Å². The van der Waals surface area contributed by atoms with Gasteiger partial charge in [0, 0.05) is 24.9 Å². The van der Waals surface area contributed by atoms with Crippen LogP contribution in [0.3, 0.4) is 0 Å². The van der Waals surface area contributed by atoms with E-state index in [9.17, 15) is 4.79 Å². The van der Waals surface area contributed by atoms with Crippen molar-refractivity contribution in [2.24, 2.45) is 0 Å². The number of imidazole rings is 1. The van der Waals surface area contributed by atoms with Gasteiger partial charge in [0.2, 0.25) is 0 Å². The molecule has 7 heteroatoms. The Bertz CT molecular complexity index is 410. The lowest BCUT2D eigenvalue weighted by atomic mass is 10.3. The van der Waals surface area contributed by atoms with Gasteiger partial charge in [-0.2, -0.15) is 8.75 Å². The van der Waals surface area contributed by atoms with E-state index in [1.807, 2.05) is 0 Å². The molecular weight excluding hydrogens is 214 g/mol. The van der Waals surface area contributed by atoms with Gasteiger partial charge in [-0.15, -0.1) is 0 Å². The fraction of sp³-hybridized carbons (Fsp3) is 0.250. The van der Waals surface area contributed by atoms with Crippen molar-refractivity contribution in [2.75, 3.05) is 6.54 Å². The maximum Gasteiger partial charge on any atom is 0.272 e. The Hall–Kier alpha value is -1.76. The predicted molar refractivity (Wildman–Crippen MR) is 54.5 cm³/mol. The van der Waals surface area contributed by atoms with Crippen molar-refractivity contribution in [1.82, 2.24) is 24.0 Å². The van der Waals surface area contributed by atoms with Gasteiger partial charge in [0.1, 0.15) is 0 Å². The monoisotopic (exact) mass is 223 g/mol. The zero-order valence-corrected chi connectivity index (χ0v) is 8.62. The molecule has 0 aliphatic heterocycles. The van der Waals surface area contributed by atoms with E-state index < -0.39 is 0 Å². The molecule has 1 amide bonds. The summed E-state index contributed by atoms with van der Waals surface area (Å²) in [7, 11) is 0. The molecule has 2 aromatic heterocycles. The van der Waals surface area contributed by atoms with Gasteiger partial charge in [-0.1, -0.05) is 0 Å². The molecule has 0 atom stereocenters. The van der Waals surface area contributed by atoms with Crippen LogP contribution in [0.25, 0.3) is 0 Å². The quantitative estimate of drug-likeness (QED) is 0.777. The molecule has 0 aliphatic carbocycles. The van der Waals surface area contributed by atoms with E-state index in [0.29, 0.717) is 12.2 Å². The standard InChI is InChI=1S/C8H9N5OS/c14-8(7-4-12-15-13-7)10-2-1-6-3-9-5-11-6/h3-5H,1-2H2,(H,9,11)(H,10,14). The van der Waals surface area contributed by atoms with Crippen LogP contribution in [-0.4, -0.2) is 31.2 Å². The van der Waals surface area contributed by atoms with E-state index in [1.165, 1.54) is 6.20 Å². The average molecular weight is 223 g/mol. The van der Waals surface area contributed by atoms with Gasteiger partial charge in [0.25, 0.3) is 5.91 Å². The number of nitrogens with zero attached hydrogens (tertiary/aromatic N) is 3. The van der Waals surface area contributed by atoms with Crippen LogP contribution in [-0.2, 0) is 6.42 Å². The van der Waals surface area contributed by atoms with Crippen molar-refractivity contribution in [3.63, 3.8) is 0 Å². The minimum absolute atomic E-state index is 0.191. The Morgan fingerprint density at radius 1 is 1.53 bits per heavy atom. The maximum atomic E-state index is 11.4. The van der Waals surface area contributed by atoms with Gasteiger partial charge in [-0.05, 0) is 0 Å². The van der Waals surface area contributed by atoms with Gasteiger partial charge in [-0.3, -0.25) is 4.79 Å². The number of H-pyrrole nitrogens is 1. The van der Waals surface area contributed by atoms with Gasteiger partial charge >= 0.3 is 0 Å². The van der Waals surface area contributed by atoms with Crippen molar-refractivity contribution < 1.29 is 4.79 Å². The molecule has 0 aliphatic rings. The van der Waals surface area contributed by atoms with Crippen LogP contribution in [0.4, 0.5) is 0 Å². The first-order valence-electron chi connectivity index (χ1n) is 4.39. The zero-order chi connectivity index (χ0) is 10.5. The molecular formula is C8H9N5OS. The molecule has 2 aromatic rings. The number of hydrogen-bond donors (Lipinski definition) is 2. The van der Waals surface area contributed by atoms with E-state index in [0.717, 1.165) is 23.8 Å². The van der Waals surface area contributed by atoms with E-state index in [1.54, 1.807) is 12.5 Å². The Balaban J connectivity index is 1.77. The van der Waals surface area contributed by atoms with Crippen molar-refractivity contribution in [3.8, 4) is 0 Å². The Kier molecular flexibility index (Phi) is 3.03. The summed E-state index contributed by atoms with van der Waals surface area (Å²) < 4.78 is 7.58. The molecule has 78 valence electrons. The fourth-order valence-corrected chi connectivity index (χ4v) is 1.50. The summed E-state index contributed by atoms with van der Waals surface area (Å²) in [5.74, 6) is -0.191. The molecule has 6 nitrogen and oxygen atoms in total. The molecule has 0 saturated carbocycles. The Morgan fingerprint density at radius 2 is 2.47 bits per heavy atom. The molecule has 0 radical (unpaired) electrons. The van der Waals surface area contributed by atoms with E-state index in [4.69, 9.17) is 0 Å². The second-order valence-corrected chi connectivity index (χ2v) is 3.43. The smallest absolute Gasteiger partial charge is 0.272 e. The minimum atomic E-state index is -0.191. The normalized spacial score (nSPS) is 10.1. The van der Waals surface area contributed by atoms with E-state index in [-0.39, 0.29) is 5.91 Å². The van der Waals surface area contributed by atoms with Crippen LogP contribution >= 0.6 is 11.7 Å². The summed E-state index contributed by atoms with van der Waals surface area (Å²) in [6.45, 7) is 0.554. The summed E-state index contributed by atoms with van der Waals surface area (Å²) in [6.07, 6.45) is 5.53. The minimum Gasteiger partial charge on any atom is -0.350 e. The highest BCUT2D eigenvalue weighted by Gasteiger charge is 2.07. The van der Waals surface area contributed by atoms with Crippen LogP contribution in [0.15, 0.2) is 18.7 Å². The lowest BCUT2D eigenvalue weighted by Gasteiger charge is -2.00. The lowest BCUT2D eigenvalue weighted by molar-refractivity contribution is 0.0950. The number of aromatic nitrogens is 4. The van der Waals surface area contributed by atoms with Crippen LogP contribution < -0.4 is 5.32 Å². The molecule has 0 fully saturated rings. The first-order chi connectivity index (χ1) is 7.36. The summed E-state index contributed by atoms with van der Waals surface area (Å²) in [5, 5.41) is 2.74. The second-order valence-electron chi connectivity index (χ2n) is 2.88. The van der Waals surface area contributed by atoms with Gasteiger partial charge in [-0.25, -0.2) is 4.98 Å². The van der Waals surface area contributed by atoms with E-state index >= 15 is 0 Å². The second kappa shape index (κ2) is 4.65. The molecule has 0 aromatic carbocycles. The molecule has 0 saturated heterocycles. The largest absolute Gasteiger partial charge is 0.350 e. The summed E-state index contributed by atoms with van der Waals surface area (Å²) >= 11 is 1.02. The number of carbonyl (C=O) groups is 1. The van der Waals surface area contributed by atoms with Gasteiger partial charge < -0.3 is 10.3 Å². The van der Waals surface area contributed by atoms with Gasteiger partial charge in [0.05, 0.1) is 24.3 Å². The molecule has 2 N–H and O–H groups in total. The van der Waals surface area contributed by atoms with Crippen LogP contribution in [0.5, 0.6) is 0 Å². The summed E-state index contributed by atoms with van der Waals surface area (Å²) in [4.78, 5) is 18.2. The Labute approximate surface area is 90.1 Å². The third kappa shape index (κ3) is 2.59. The molecule has 15 heavy (non-hydrogen) atoms. The first kappa shape index (κ1) is 9.78. The third-order valence-corrected chi connectivity index (χ3v) is 2.31. The van der Waals surface area contributed by atoms with Crippen LogP contribution in [0.2, 0.25) is 0 Å². The SMILES string of the molecule is O=C(NCCc1cnc[nH]1)c1cnsn1. The molecule has 2 heterocycles. The third-order valence-electron chi connectivity index (χ3n) is 1.83.